The molecule has 0 spiro atoms. The SMILES string of the molecule is CCC1NC(c2ccccc2F)N(CCC(C)(C)C)C1=O. The Morgan fingerprint density at radius 1 is 1.29 bits per heavy atom. The number of hydrogen-bond acceptors (Lipinski definition) is 2. The highest BCUT2D eigenvalue weighted by molar-refractivity contribution is 5.84. The standard InChI is InChI=1S/C17H25FN2O/c1-5-14-16(21)20(11-10-17(2,3)4)15(19-14)12-8-6-7-9-13(12)18/h6-9,14-15,19H,5,10-11H2,1-4H3. The Kier molecular flexibility index (Phi) is 4.67. The minimum Gasteiger partial charge on any atom is -0.321 e. The first-order valence-corrected chi connectivity index (χ1v) is 7.64. The molecule has 1 aromatic rings. The van der Waals surface area contributed by atoms with Gasteiger partial charge in [0, 0.05) is 12.1 Å². The fourth-order valence-electron chi connectivity index (χ4n) is 2.62. The first-order chi connectivity index (χ1) is 9.83. The monoisotopic (exact) mass is 292 g/mol. The molecule has 3 nitrogen and oxygen atoms in total. The Morgan fingerprint density at radius 3 is 2.52 bits per heavy atom. The van der Waals surface area contributed by atoms with Crippen LogP contribution < -0.4 is 5.32 Å². The second-order valence-corrected chi connectivity index (χ2v) is 6.89. The van der Waals surface area contributed by atoms with Crippen LogP contribution in [0.25, 0.3) is 0 Å². The largest absolute Gasteiger partial charge is 0.321 e. The van der Waals surface area contributed by atoms with Gasteiger partial charge >= 0.3 is 0 Å². The van der Waals surface area contributed by atoms with Gasteiger partial charge in [-0.3, -0.25) is 10.1 Å². The van der Waals surface area contributed by atoms with E-state index in [0.717, 1.165) is 12.8 Å². The number of nitrogens with zero attached hydrogens (tertiary/aromatic N) is 1. The summed E-state index contributed by atoms with van der Waals surface area (Å²) in [4.78, 5) is 14.3. The summed E-state index contributed by atoms with van der Waals surface area (Å²) < 4.78 is 14.1. The van der Waals surface area contributed by atoms with Crippen molar-refractivity contribution >= 4 is 5.91 Å². The molecule has 2 unspecified atom stereocenters. The molecule has 21 heavy (non-hydrogen) atoms. The second-order valence-electron chi connectivity index (χ2n) is 6.89. The van der Waals surface area contributed by atoms with E-state index in [1.54, 1.807) is 17.0 Å². The van der Waals surface area contributed by atoms with Crippen molar-refractivity contribution in [2.75, 3.05) is 6.54 Å². The van der Waals surface area contributed by atoms with Gasteiger partial charge in [-0.1, -0.05) is 45.9 Å². The highest BCUT2D eigenvalue weighted by Crippen LogP contribution is 2.30. The highest BCUT2D eigenvalue weighted by Gasteiger charge is 2.39. The topological polar surface area (TPSA) is 32.3 Å². The summed E-state index contributed by atoms with van der Waals surface area (Å²) in [6.45, 7) is 9.06. The van der Waals surface area contributed by atoms with Crippen LogP contribution in [-0.4, -0.2) is 23.4 Å². The van der Waals surface area contributed by atoms with Gasteiger partial charge in [0.15, 0.2) is 0 Å². The van der Waals surface area contributed by atoms with Crippen molar-refractivity contribution in [2.24, 2.45) is 5.41 Å². The first-order valence-electron chi connectivity index (χ1n) is 7.64. The van der Waals surface area contributed by atoms with E-state index in [9.17, 15) is 9.18 Å². The number of halogens is 1. The number of nitrogens with one attached hydrogen (secondary N) is 1. The van der Waals surface area contributed by atoms with Crippen molar-refractivity contribution in [3.05, 3.63) is 35.6 Å². The molecule has 1 amide bonds. The summed E-state index contributed by atoms with van der Waals surface area (Å²) in [5.74, 6) is -0.185. The third-order valence-corrected chi connectivity index (χ3v) is 3.96. The summed E-state index contributed by atoms with van der Waals surface area (Å²) in [7, 11) is 0. The number of carbonyl (C=O) groups excluding carboxylic acids is 1. The minimum atomic E-state index is -0.356. The molecule has 0 radical (unpaired) electrons. The van der Waals surface area contributed by atoms with Crippen molar-refractivity contribution in [1.82, 2.24) is 10.2 Å². The van der Waals surface area contributed by atoms with Gasteiger partial charge in [-0.15, -0.1) is 0 Å². The van der Waals surface area contributed by atoms with Crippen LogP contribution in [0, 0.1) is 11.2 Å². The smallest absolute Gasteiger partial charge is 0.241 e. The number of amides is 1. The van der Waals surface area contributed by atoms with E-state index in [0.29, 0.717) is 12.1 Å². The highest BCUT2D eigenvalue weighted by atomic mass is 19.1. The van der Waals surface area contributed by atoms with Gasteiger partial charge < -0.3 is 4.90 Å². The van der Waals surface area contributed by atoms with E-state index in [-0.39, 0.29) is 29.3 Å². The van der Waals surface area contributed by atoms with E-state index in [2.05, 4.69) is 26.1 Å². The van der Waals surface area contributed by atoms with Crippen molar-refractivity contribution < 1.29 is 9.18 Å². The van der Waals surface area contributed by atoms with Crippen LogP contribution in [0.3, 0.4) is 0 Å². The quantitative estimate of drug-likeness (QED) is 0.921. The van der Waals surface area contributed by atoms with Gasteiger partial charge in [0.25, 0.3) is 0 Å². The van der Waals surface area contributed by atoms with Crippen molar-refractivity contribution in [1.29, 1.82) is 0 Å². The lowest BCUT2D eigenvalue weighted by Gasteiger charge is -2.28. The third-order valence-electron chi connectivity index (χ3n) is 3.96. The molecule has 0 saturated carbocycles. The van der Waals surface area contributed by atoms with Gasteiger partial charge in [0.2, 0.25) is 5.91 Å². The van der Waals surface area contributed by atoms with Crippen LogP contribution in [0.15, 0.2) is 24.3 Å². The van der Waals surface area contributed by atoms with E-state index in [4.69, 9.17) is 0 Å². The summed E-state index contributed by atoms with van der Waals surface area (Å²) >= 11 is 0. The van der Waals surface area contributed by atoms with E-state index in [1.165, 1.54) is 6.07 Å². The van der Waals surface area contributed by atoms with Crippen LogP contribution in [0.4, 0.5) is 4.39 Å². The zero-order valence-electron chi connectivity index (χ0n) is 13.3. The maximum absolute atomic E-state index is 14.1. The van der Waals surface area contributed by atoms with Gasteiger partial charge in [0.05, 0.1) is 6.04 Å². The molecule has 1 N–H and O–H groups in total. The first kappa shape index (κ1) is 16.0. The van der Waals surface area contributed by atoms with E-state index in [1.807, 2.05) is 13.0 Å². The Morgan fingerprint density at radius 2 is 1.95 bits per heavy atom. The van der Waals surface area contributed by atoms with Crippen LogP contribution in [0.5, 0.6) is 0 Å². The molecule has 1 aliphatic rings. The summed E-state index contributed by atoms with van der Waals surface area (Å²) in [6, 6.07) is 6.47. The van der Waals surface area contributed by atoms with Crippen LogP contribution >= 0.6 is 0 Å². The van der Waals surface area contributed by atoms with E-state index >= 15 is 0 Å². The predicted molar refractivity (Wildman–Crippen MR) is 82.1 cm³/mol. The average molecular weight is 292 g/mol. The zero-order valence-corrected chi connectivity index (χ0v) is 13.3. The molecule has 116 valence electrons. The van der Waals surface area contributed by atoms with E-state index < -0.39 is 0 Å². The number of benzene rings is 1. The second kappa shape index (κ2) is 6.14. The maximum Gasteiger partial charge on any atom is 0.241 e. The summed E-state index contributed by atoms with van der Waals surface area (Å²) in [6.07, 6.45) is 1.25. The molecule has 2 atom stereocenters. The fraction of sp³-hybridized carbons (Fsp3) is 0.588. The van der Waals surface area contributed by atoms with Crippen LogP contribution in [0.2, 0.25) is 0 Å². The molecule has 1 fully saturated rings. The molecule has 4 heteroatoms. The van der Waals surface area contributed by atoms with Crippen molar-refractivity contribution in [3.63, 3.8) is 0 Å². The molecular weight excluding hydrogens is 267 g/mol. The van der Waals surface area contributed by atoms with Crippen molar-refractivity contribution in [3.8, 4) is 0 Å². The van der Waals surface area contributed by atoms with Crippen LogP contribution in [0.1, 0.15) is 52.3 Å². The molecule has 2 rings (SSSR count). The van der Waals surface area contributed by atoms with Gasteiger partial charge in [-0.2, -0.15) is 0 Å². The Hall–Kier alpha value is -1.42. The molecule has 0 aliphatic carbocycles. The molecule has 1 aliphatic heterocycles. The average Bonchev–Trinajstić information content (AvgIpc) is 2.72. The zero-order chi connectivity index (χ0) is 15.6. The fourth-order valence-corrected chi connectivity index (χ4v) is 2.62. The molecule has 0 bridgehead atoms. The minimum absolute atomic E-state index is 0.0787. The van der Waals surface area contributed by atoms with Gasteiger partial charge in [-0.05, 0) is 24.3 Å². The van der Waals surface area contributed by atoms with Gasteiger partial charge in [-0.25, -0.2) is 4.39 Å². The number of carbonyl (C=O) groups is 1. The lowest BCUT2D eigenvalue weighted by Crippen LogP contribution is -2.34. The molecule has 0 aromatic heterocycles. The summed E-state index contributed by atoms with van der Waals surface area (Å²) in [5.41, 5.74) is 0.695. The van der Waals surface area contributed by atoms with Crippen LogP contribution in [-0.2, 0) is 4.79 Å². The normalized spacial score (nSPS) is 22.9. The summed E-state index contributed by atoms with van der Waals surface area (Å²) in [5, 5.41) is 3.27. The third kappa shape index (κ3) is 3.62. The molecule has 1 saturated heterocycles. The number of hydrogen-bond donors (Lipinski definition) is 1. The molecule has 1 aromatic carbocycles. The Balaban J connectivity index is 2.24. The molecule has 1 heterocycles. The lowest BCUT2D eigenvalue weighted by molar-refractivity contribution is -0.130. The maximum atomic E-state index is 14.1. The lowest BCUT2D eigenvalue weighted by atomic mass is 9.92. The predicted octanol–water partition coefficient (Wildman–Crippen LogP) is 3.47. The molecular formula is C17H25FN2O. The van der Waals surface area contributed by atoms with Crippen molar-refractivity contribution in [2.45, 2.75) is 52.7 Å². The Labute approximate surface area is 126 Å². The van der Waals surface area contributed by atoms with Gasteiger partial charge in [0.1, 0.15) is 12.0 Å². The Bertz CT molecular complexity index is 510. The number of rotatable bonds is 4.